The fourth-order valence-electron chi connectivity index (χ4n) is 10.5. The zero-order valence-corrected chi connectivity index (χ0v) is 36.0. The number of hydrogen-bond acceptors (Lipinski definition) is 1. The van der Waals surface area contributed by atoms with Crippen LogP contribution in [0.2, 0.25) is 0 Å². The summed E-state index contributed by atoms with van der Waals surface area (Å²) in [6.45, 7) is 0. The molecule has 306 valence electrons. The molecule has 0 bridgehead atoms. The topological polar surface area (TPSA) is 8.17 Å². The number of nitrogens with zero attached hydrogens (tertiary/aromatic N) is 2. The van der Waals surface area contributed by atoms with Crippen LogP contribution < -0.4 is 4.90 Å². The zero-order chi connectivity index (χ0) is 42.8. The minimum Gasteiger partial charge on any atom is -0.310 e. The lowest BCUT2D eigenvalue weighted by atomic mass is 9.89. The van der Waals surface area contributed by atoms with E-state index in [1.165, 1.54) is 116 Å². The molecule has 0 radical (unpaired) electrons. The summed E-state index contributed by atoms with van der Waals surface area (Å²) in [6, 6.07) is 78.9. The smallest absolute Gasteiger partial charge is 0.0541 e. The van der Waals surface area contributed by atoms with E-state index in [2.05, 4.69) is 240 Å². The Balaban J connectivity index is 0.901. The van der Waals surface area contributed by atoms with Gasteiger partial charge >= 0.3 is 0 Å². The van der Waals surface area contributed by atoms with Gasteiger partial charge < -0.3 is 9.47 Å². The molecule has 0 atom stereocenters. The summed E-state index contributed by atoms with van der Waals surface area (Å²) in [5.41, 5.74) is 19.8. The lowest BCUT2D eigenvalue weighted by Gasteiger charge is -2.34. The predicted molar refractivity (Wildman–Crippen MR) is 276 cm³/mol. The largest absolute Gasteiger partial charge is 0.310 e. The average molecular weight is 829 g/mol. The van der Waals surface area contributed by atoms with Crippen LogP contribution >= 0.6 is 0 Å². The van der Waals surface area contributed by atoms with Crippen LogP contribution in [0.3, 0.4) is 0 Å². The molecule has 0 saturated carbocycles. The van der Waals surface area contributed by atoms with E-state index in [4.69, 9.17) is 0 Å². The summed E-state index contributed by atoms with van der Waals surface area (Å²) in [7, 11) is 0. The number of anilines is 3. The highest BCUT2D eigenvalue weighted by atomic mass is 15.2. The standard InChI is InChI=1S/C63H44N2/c1-3-11-42(12-4-1)52-26-33-62-58(40-52)59-41-53(43-13-5-2-6-14-43)27-34-63(59)64(62)56-28-21-46(22-29-56)49-24-31-60-54(36-49)38-55-37-51(50-20-19-44-15-7-9-17-47(44)35-50)25-32-61(55)65(60)57-30-23-45-16-8-10-18-48(45)39-57/h1,3-5,7-37,39-41H,2,6,38H2. The first-order valence-corrected chi connectivity index (χ1v) is 22.8. The maximum absolute atomic E-state index is 2.47. The fraction of sp³-hybridized carbons (Fsp3) is 0.0476. The summed E-state index contributed by atoms with van der Waals surface area (Å²) >= 11 is 0. The van der Waals surface area contributed by atoms with Crippen LogP contribution in [0, 0.1) is 0 Å². The molecule has 0 amide bonds. The van der Waals surface area contributed by atoms with Crippen molar-refractivity contribution < 1.29 is 0 Å². The van der Waals surface area contributed by atoms with Crippen LogP contribution in [-0.2, 0) is 6.42 Å². The van der Waals surface area contributed by atoms with Crippen LogP contribution in [0.5, 0.6) is 0 Å². The van der Waals surface area contributed by atoms with Gasteiger partial charge in [0.1, 0.15) is 0 Å². The number of benzene rings is 10. The second-order valence-electron chi connectivity index (χ2n) is 17.6. The molecule has 1 aliphatic heterocycles. The van der Waals surface area contributed by atoms with Crippen molar-refractivity contribution in [3.63, 3.8) is 0 Å². The van der Waals surface area contributed by atoms with Gasteiger partial charge in [0, 0.05) is 39.9 Å². The molecule has 0 saturated heterocycles. The van der Waals surface area contributed by atoms with Gasteiger partial charge in [-0.3, -0.25) is 0 Å². The van der Waals surface area contributed by atoms with Gasteiger partial charge in [0.05, 0.1) is 11.0 Å². The molecule has 1 aromatic heterocycles. The SMILES string of the molecule is C1=CC(c2ccc3c(c2)c2cc(-c4ccccc4)ccc2n3-c2ccc(-c3ccc4c(c3)Cc3cc(-c5ccc6ccccc6c5)ccc3N4c3ccc4ccccc4c3)cc2)=CCC1. The van der Waals surface area contributed by atoms with Gasteiger partial charge in [0.2, 0.25) is 0 Å². The Labute approximate surface area is 379 Å². The minimum atomic E-state index is 0.850. The lowest BCUT2D eigenvalue weighted by molar-refractivity contribution is 1.04. The third kappa shape index (κ3) is 6.49. The van der Waals surface area contributed by atoms with E-state index in [0.29, 0.717) is 0 Å². The second kappa shape index (κ2) is 15.3. The van der Waals surface area contributed by atoms with Gasteiger partial charge in [0.25, 0.3) is 0 Å². The molecule has 65 heavy (non-hydrogen) atoms. The van der Waals surface area contributed by atoms with Gasteiger partial charge in [-0.05, 0) is 169 Å². The Morgan fingerprint density at radius 2 is 0.846 bits per heavy atom. The first-order valence-electron chi connectivity index (χ1n) is 22.8. The summed E-state index contributed by atoms with van der Waals surface area (Å²) < 4.78 is 2.44. The van der Waals surface area contributed by atoms with E-state index >= 15 is 0 Å². The van der Waals surface area contributed by atoms with Crippen molar-refractivity contribution in [3.05, 3.63) is 247 Å². The third-order valence-corrected chi connectivity index (χ3v) is 13.8. The Morgan fingerprint density at radius 3 is 1.54 bits per heavy atom. The molecule has 0 N–H and O–H groups in total. The van der Waals surface area contributed by atoms with Crippen LogP contribution in [-0.4, -0.2) is 4.57 Å². The molecule has 0 unspecified atom stereocenters. The molecule has 13 rings (SSSR count). The van der Waals surface area contributed by atoms with E-state index in [-0.39, 0.29) is 0 Å². The summed E-state index contributed by atoms with van der Waals surface area (Å²) in [5, 5.41) is 7.55. The molecule has 0 spiro atoms. The van der Waals surface area contributed by atoms with Crippen molar-refractivity contribution in [3.8, 4) is 39.1 Å². The maximum atomic E-state index is 2.47. The number of rotatable bonds is 6. The highest BCUT2D eigenvalue weighted by Crippen LogP contribution is 2.47. The zero-order valence-electron chi connectivity index (χ0n) is 36.0. The summed E-state index contributed by atoms with van der Waals surface area (Å²) in [6.07, 6.45) is 9.99. The van der Waals surface area contributed by atoms with Crippen LogP contribution in [0.1, 0.15) is 29.5 Å². The van der Waals surface area contributed by atoms with Crippen molar-refractivity contribution in [2.75, 3.05) is 4.90 Å². The van der Waals surface area contributed by atoms with Crippen molar-refractivity contribution in [2.45, 2.75) is 19.3 Å². The van der Waals surface area contributed by atoms with Crippen molar-refractivity contribution in [2.24, 2.45) is 0 Å². The monoisotopic (exact) mass is 828 g/mol. The molecule has 2 heterocycles. The third-order valence-electron chi connectivity index (χ3n) is 13.8. The van der Waals surface area contributed by atoms with Gasteiger partial charge in [-0.25, -0.2) is 0 Å². The molecule has 2 heteroatoms. The molecule has 11 aromatic rings. The van der Waals surface area contributed by atoms with Gasteiger partial charge in [-0.2, -0.15) is 0 Å². The van der Waals surface area contributed by atoms with Gasteiger partial charge in [-0.15, -0.1) is 0 Å². The Kier molecular flexibility index (Phi) is 8.77. The van der Waals surface area contributed by atoms with Crippen molar-refractivity contribution in [1.82, 2.24) is 4.57 Å². The summed E-state index contributed by atoms with van der Waals surface area (Å²) in [4.78, 5) is 2.47. The van der Waals surface area contributed by atoms with E-state index in [9.17, 15) is 0 Å². The highest BCUT2D eigenvalue weighted by Gasteiger charge is 2.26. The molecule has 0 fully saturated rings. The van der Waals surface area contributed by atoms with Crippen LogP contribution in [0.4, 0.5) is 17.1 Å². The van der Waals surface area contributed by atoms with Crippen LogP contribution in [0.25, 0.3) is 88.0 Å². The molecule has 2 aliphatic rings. The molecular formula is C63H44N2. The Morgan fingerprint density at radius 1 is 0.338 bits per heavy atom. The van der Waals surface area contributed by atoms with E-state index < -0.39 is 0 Å². The quantitative estimate of drug-likeness (QED) is 0.162. The minimum absolute atomic E-state index is 0.850. The lowest BCUT2D eigenvalue weighted by Crippen LogP contribution is -2.18. The van der Waals surface area contributed by atoms with Crippen LogP contribution in [0.15, 0.2) is 231 Å². The maximum Gasteiger partial charge on any atom is 0.0541 e. The molecule has 1 aliphatic carbocycles. The Hall–Kier alpha value is -8.20. The normalized spacial score (nSPS) is 13.4. The number of aromatic nitrogens is 1. The molecule has 2 nitrogen and oxygen atoms in total. The number of allylic oxidation sites excluding steroid dienone is 4. The highest BCUT2D eigenvalue weighted by molar-refractivity contribution is 6.11. The molecular weight excluding hydrogens is 785 g/mol. The van der Waals surface area contributed by atoms with Gasteiger partial charge in [0.15, 0.2) is 0 Å². The predicted octanol–water partition coefficient (Wildman–Crippen LogP) is 17.2. The summed E-state index contributed by atoms with van der Waals surface area (Å²) in [5.74, 6) is 0. The number of hydrogen-bond donors (Lipinski definition) is 0. The van der Waals surface area contributed by atoms with Crippen molar-refractivity contribution >= 4 is 66.0 Å². The average Bonchev–Trinajstić information content (AvgIpc) is 3.71. The Bertz CT molecular complexity index is 3730. The number of fused-ring (bicyclic) bond motifs is 7. The first kappa shape index (κ1) is 37.4. The van der Waals surface area contributed by atoms with Gasteiger partial charge in [-0.1, -0.05) is 152 Å². The second-order valence-corrected chi connectivity index (χ2v) is 17.6. The van der Waals surface area contributed by atoms with Crippen molar-refractivity contribution in [1.29, 1.82) is 0 Å². The first-order chi connectivity index (χ1) is 32.2. The van der Waals surface area contributed by atoms with E-state index in [0.717, 1.165) is 24.9 Å². The molecule has 10 aromatic carbocycles. The van der Waals surface area contributed by atoms with E-state index in [1.54, 1.807) is 0 Å². The van der Waals surface area contributed by atoms with E-state index in [1.807, 2.05) is 0 Å². The fourth-order valence-corrected chi connectivity index (χ4v) is 10.5.